The maximum atomic E-state index is 5.61. The van der Waals surface area contributed by atoms with Gasteiger partial charge in [0.15, 0.2) is 0 Å². The summed E-state index contributed by atoms with van der Waals surface area (Å²) in [4.78, 5) is 4.40. The Morgan fingerprint density at radius 1 is 1.59 bits per heavy atom. The summed E-state index contributed by atoms with van der Waals surface area (Å²) < 4.78 is 7.76. The lowest BCUT2D eigenvalue weighted by atomic mass is 10.2. The molecule has 1 aliphatic rings. The Bertz CT molecular complexity index is 329. The Balaban J connectivity index is 1.75. The van der Waals surface area contributed by atoms with E-state index in [1.807, 2.05) is 6.33 Å². The first-order valence-corrected chi connectivity index (χ1v) is 6.57. The number of nitrogens with one attached hydrogen (secondary N) is 1. The predicted octanol–water partition coefficient (Wildman–Crippen LogP) is 1.81. The van der Waals surface area contributed by atoms with E-state index in [1.54, 1.807) is 0 Å². The highest BCUT2D eigenvalue weighted by Gasteiger charge is 2.15. The number of rotatable bonds is 6. The third kappa shape index (κ3) is 4.13. The first-order valence-electron chi connectivity index (χ1n) is 6.57. The van der Waals surface area contributed by atoms with Gasteiger partial charge in [0.25, 0.3) is 0 Å². The van der Waals surface area contributed by atoms with E-state index in [2.05, 4.69) is 34.9 Å². The second kappa shape index (κ2) is 6.17. The SMILES string of the molecule is CC(C)CNCc1cn(CC2CCCO2)cn1. The molecule has 0 aliphatic carbocycles. The summed E-state index contributed by atoms with van der Waals surface area (Å²) in [6, 6.07) is 0. The zero-order valence-electron chi connectivity index (χ0n) is 10.9. The lowest BCUT2D eigenvalue weighted by Gasteiger charge is -2.09. The first-order chi connectivity index (χ1) is 8.24. The van der Waals surface area contributed by atoms with Crippen LogP contribution in [-0.4, -0.2) is 28.8 Å². The molecule has 17 heavy (non-hydrogen) atoms. The molecule has 1 atom stereocenters. The number of aromatic nitrogens is 2. The van der Waals surface area contributed by atoms with E-state index in [0.717, 1.165) is 31.9 Å². The van der Waals surface area contributed by atoms with Crippen molar-refractivity contribution >= 4 is 0 Å². The smallest absolute Gasteiger partial charge is 0.0950 e. The summed E-state index contributed by atoms with van der Waals surface area (Å²) in [6.45, 7) is 8.18. The van der Waals surface area contributed by atoms with Gasteiger partial charge in [0.05, 0.1) is 18.1 Å². The molecule has 1 unspecified atom stereocenters. The Morgan fingerprint density at radius 2 is 2.47 bits per heavy atom. The van der Waals surface area contributed by atoms with Gasteiger partial charge in [0.2, 0.25) is 0 Å². The molecule has 1 fully saturated rings. The predicted molar refractivity (Wildman–Crippen MR) is 67.7 cm³/mol. The van der Waals surface area contributed by atoms with Gasteiger partial charge in [0.1, 0.15) is 0 Å². The van der Waals surface area contributed by atoms with Gasteiger partial charge in [-0.3, -0.25) is 0 Å². The zero-order valence-corrected chi connectivity index (χ0v) is 10.9. The second-order valence-electron chi connectivity index (χ2n) is 5.22. The Morgan fingerprint density at radius 3 is 3.18 bits per heavy atom. The number of ether oxygens (including phenoxy) is 1. The van der Waals surface area contributed by atoms with Gasteiger partial charge < -0.3 is 14.6 Å². The van der Waals surface area contributed by atoms with E-state index in [-0.39, 0.29) is 0 Å². The topological polar surface area (TPSA) is 39.1 Å². The summed E-state index contributed by atoms with van der Waals surface area (Å²) in [7, 11) is 0. The van der Waals surface area contributed by atoms with Crippen LogP contribution >= 0.6 is 0 Å². The van der Waals surface area contributed by atoms with Crippen LogP contribution in [-0.2, 0) is 17.8 Å². The van der Waals surface area contributed by atoms with Gasteiger partial charge in [-0.1, -0.05) is 13.8 Å². The molecular formula is C13H23N3O. The molecule has 4 nitrogen and oxygen atoms in total. The second-order valence-corrected chi connectivity index (χ2v) is 5.22. The molecular weight excluding hydrogens is 214 g/mol. The van der Waals surface area contributed by atoms with Crippen LogP contribution in [0.2, 0.25) is 0 Å². The van der Waals surface area contributed by atoms with Crippen molar-refractivity contribution in [2.75, 3.05) is 13.2 Å². The summed E-state index contributed by atoms with van der Waals surface area (Å²) in [5, 5.41) is 3.40. The lowest BCUT2D eigenvalue weighted by Crippen LogP contribution is -2.19. The fourth-order valence-electron chi connectivity index (χ4n) is 2.11. The minimum atomic E-state index is 0.390. The van der Waals surface area contributed by atoms with Crippen LogP contribution in [0.4, 0.5) is 0 Å². The van der Waals surface area contributed by atoms with Crippen LogP contribution in [0.3, 0.4) is 0 Å². The van der Waals surface area contributed by atoms with Gasteiger partial charge in [-0.2, -0.15) is 0 Å². The van der Waals surface area contributed by atoms with Gasteiger partial charge in [0, 0.05) is 25.9 Å². The Hall–Kier alpha value is -0.870. The zero-order chi connectivity index (χ0) is 12.1. The van der Waals surface area contributed by atoms with Crippen molar-refractivity contribution < 1.29 is 4.74 Å². The largest absolute Gasteiger partial charge is 0.376 e. The minimum absolute atomic E-state index is 0.390. The van der Waals surface area contributed by atoms with E-state index in [9.17, 15) is 0 Å². The molecule has 1 aromatic heterocycles. The number of imidazole rings is 1. The van der Waals surface area contributed by atoms with E-state index in [1.165, 1.54) is 12.8 Å². The molecule has 0 spiro atoms. The lowest BCUT2D eigenvalue weighted by molar-refractivity contribution is 0.0970. The highest BCUT2D eigenvalue weighted by molar-refractivity contribution is 4.96. The third-order valence-electron chi connectivity index (χ3n) is 2.98. The summed E-state index contributed by atoms with van der Waals surface area (Å²) in [5.74, 6) is 0.684. The fourth-order valence-corrected chi connectivity index (χ4v) is 2.11. The molecule has 4 heteroatoms. The van der Waals surface area contributed by atoms with E-state index in [4.69, 9.17) is 4.74 Å². The van der Waals surface area contributed by atoms with Crippen LogP contribution in [0.15, 0.2) is 12.5 Å². The fraction of sp³-hybridized carbons (Fsp3) is 0.769. The van der Waals surface area contributed by atoms with Crippen LogP contribution < -0.4 is 5.32 Å². The van der Waals surface area contributed by atoms with Gasteiger partial charge >= 0.3 is 0 Å². The Kier molecular flexibility index (Phi) is 4.57. The quantitative estimate of drug-likeness (QED) is 0.820. The molecule has 1 N–H and O–H groups in total. The molecule has 0 saturated carbocycles. The standard InChI is InChI=1S/C13H23N3O/c1-11(2)6-14-7-12-8-16(10-15-12)9-13-4-3-5-17-13/h8,10-11,13-14H,3-7,9H2,1-2H3. The maximum Gasteiger partial charge on any atom is 0.0950 e. The molecule has 1 saturated heterocycles. The van der Waals surface area contributed by atoms with Crippen molar-refractivity contribution in [3.8, 4) is 0 Å². The molecule has 96 valence electrons. The normalized spacial score (nSPS) is 20.3. The van der Waals surface area contributed by atoms with Crippen molar-refractivity contribution in [1.29, 1.82) is 0 Å². The number of hydrogen-bond acceptors (Lipinski definition) is 3. The average Bonchev–Trinajstić information content (AvgIpc) is 2.90. The van der Waals surface area contributed by atoms with Crippen LogP contribution in [0.25, 0.3) is 0 Å². The van der Waals surface area contributed by atoms with Gasteiger partial charge in [-0.15, -0.1) is 0 Å². The molecule has 0 aromatic carbocycles. The molecule has 0 bridgehead atoms. The van der Waals surface area contributed by atoms with Crippen LogP contribution in [0.1, 0.15) is 32.4 Å². The van der Waals surface area contributed by atoms with Gasteiger partial charge in [-0.25, -0.2) is 4.98 Å². The van der Waals surface area contributed by atoms with Crippen molar-refractivity contribution in [3.63, 3.8) is 0 Å². The van der Waals surface area contributed by atoms with Crippen LogP contribution in [0, 0.1) is 5.92 Å². The van der Waals surface area contributed by atoms with E-state index in [0.29, 0.717) is 12.0 Å². The van der Waals surface area contributed by atoms with E-state index >= 15 is 0 Å². The van der Waals surface area contributed by atoms with Crippen molar-refractivity contribution in [2.45, 2.75) is 45.9 Å². The van der Waals surface area contributed by atoms with E-state index < -0.39 is 0 Å². The highest BCUT2D eigenvalue weighted by Crippen LogP contribution is 2.14. The molecule has 1 aliphatic heterocycles. The number of hydrogen-bond donors (Lipinski definition) is 1. The highest BCUT2D eigenvalue weighted by atomic mass is 16.5. The minimum Gasteiger partial charge on any atom is -0.376 e. The third-order valence-corrected chi connectivity index (χ3v) is 2.98. The summed E-state index contributed by atoms with van der Waals surface area (Å²) in [6.07, 6.45) is 6.80. The molecule has 2 rings (SSSR count). The molecule has 0 amide bonds. The monoisotopic (exact) mass is 237 g/mol. The van der Waals surface area contributed by atoms with Crippen molar-refractivity contribution in [1.82, 2.24) is 14.9 Å². The summed E-state index contributed by atoms with van der Waals surface area (Å²) in [5.41, 5.74) is 1.11. The van der Waals surface area contributed by atoms with Crippen LogP contribution in [0.5, 0.6) is 0 Å². The van der Waals surface area contributed by atoms with Crippen molar-refractivity contribution in [3.05, 3.63) is 18.2 Å². The van der Waals surface area contributed by atoms with Gasteiger partial charge in [-0.05, 0) is 25.3 Å². The molecule has 2 heterocycles. The molecule has 1 aromatic rings. The molecule has 0 radical (unpaired) electrons. The summed E-state index contributed by atoms with van der Waals surface area (Å²) >= 11 is 0. The maximum absolute atomic E-state index is 5.61. The average molecular weight is 237 g/mol. The van der Waals surface area contributed by atoms with Crippen molar-refractivity contribution in [2.24, 2.45) is 5.92 Å². The Labute approximate surface area is 103 Å². The first kappa shape index (κ1) is 12.6. The number of nitrogens with zero attached hydrogens (tertiary/aromatic N) is 2.